The van der Waals surface area contributed by atoms with Gasteiger partial charge in [-0.05, 0) is 60.5 Å². The van der Waals surface area contributed by atoms with E-state index in [2.05, 4.69) is 34.4 Å². The largest absolute Gasteiger partial charge is 0.355 e. The number of amides is 1. The average Bonchev–Trinajstić information content (AvgIpc) is 3.27. The number of hydrogen-bond acceptors (Lipinski definition) is 2. The molecule has 4 nitrogen and oxygen atoms in total. The number of anilines is 1. The Kier molecular flexibility index (Phi) is 5.16. The number of rotatable bonds is 5. The van der Waals surface area contributed by atoms with E-state index in [4.69, 9.17) is 11.6 Å². The lowest BCUT2D eigenvalue weighted by Gasteiger charge is -2.21. The molecule has 1 unspecified atom stereocenters. The molecule has 1 aromatic heterocycles. The maximum Gasteiger partial charge on any atom is 0.229 e. The molecule has 2 heterocycles. The van der Waals surface area contributed by atoms with Crippen molar-refractivity contribution in [3.8, 4) is 0 Å². The third-order valence-electron chi connectivity index (χ3n) is 5.25. The molecule has 0 spiro atoms. The number of halogens is 2. The van der Waals surface area contributed by atoms with E-state index in [-0.39, 0.29) is 18.4 Å². The predicted octanol–water partition coefficient (Wildman–Crippen LogP) is 5.26. The Morgan fingerprint density at radius 2 is 2.14 bits per heavy atom. The van der Waals surface area contributed by atoms with Crippen LogP contribution in [0.25, 0.3) is 17.0 Å². The molecule has 0 saturated carbocycles. The molecule has 3 aromatic rings. The number of carbonyl (C=O) groups is 1. The molecule has 6 heteroatoms. The number of H-pyrrole nitrogens is 1. The molecule has 4 rings (SSSR count). The van der Waals surface area contributed by atoms with Crippen molar-refractivity contribution in [2.24, 2.45) is 5.92 Å². The third kappa shape index (κ3) is 3.91. The number of hydrogen-bond donors (Lipinski definition) is 2. The Hall–Kier alpha value is -3.05. The van der Waals surface area contributed by atoms with Crippen LogP contribution >= 0.6 is 11.6 Å². The summed E-state index contributed by atoms with van der Waals surface area (Å²) in [6.45, 7) is 8.88. The number of nitrogens with one attached hydrogen (secondary N) is 2. The SMILES string of the molecule is C=Cc1cc2cc(N3CCC(C(=O)NCc4cc(F)cc(Cl)c4)C3=C)ccc2[nH]1. The Morgan fingerprint density at radius 1 is 1.31 bits per heavy atom. The zero-order valence-corrected chi connectivity index (χ0v) is 16.6. The van der Waals surface area contributed by atoms with Crippen LogP contribution < -0.4 is 10.2 Å². The van der Waals surface area contributed by atoms with Crippen LogP contribution in [0.5, 0.6) is 0 Å². The summed E-state index contributed by atoms with van der Waals surface area (Å²) in [5.41, 5.74) is 4.39. The van der Waals surface area contributed by atoms with Crippen LogP contribution in [-0.2, 0) is 11.3 Å². The van der Waals surface area contributed by atoms with Gasteiger partial charge in [0.05, 0.1) is 5.92 Å². The van der Waals surface area contributed by atoms with Crippen LogP contribution in [0.4, 0.5) is 10.1 Å². The standard InChI is InChI=1S/C23H21ClFN3O/c1-3-19-10-16-11-20(4-5-22(16)27-19)28-7-6-21(14(28)2)23(29)26-13-15-8-17(24)12-18(25)9-15/h3-5,8-12,21,27H,1-2,6-7,13H2,(H,26,29). The summed E-state index contributed by atoms with van der Waals surface area (Å²) < 4.78 is 13.5. The van der Waals surface area contributed by atoms with Crippen molar-refractivity contribution in [2.45, 2.75) is 13.0 Å². The molecule has 0 radical (unpaired) electrons. The summed E-state index contributed by atoms with van der Waals surface area (Å²) in [5.74, 6) is -0.850. The number of carbonyl (C=O) groups excluding carboxylic acids is 1. The predicted molar refractivity (Wildman–Crippen MR) is 116 cm³/mol. The number of fused-ring (bicyclic) bond motifs is 1. The molecule has 1 aliphatic rings. The fourth-order valence-corrected chi connectivity index (χ4v) is 4.02. The number of benzene rings is 2. The first kappa shape index (κ1) is 19.3. The van der Waals surface area contributed by atoms with Crippen molar-refractivity contribution < 1.29 is 9.18 Å². The second kappa shape index (κ2) is 7.76. The van der Waals surface area contributed by atoms with Gasteiger partial charge in [-0.1, -0.05) is 24.8 Å². The smallest absolute Gasteiger partial charge is 0.229 e. The van der Waals surface area contributed by atoms with Gasteiger partial charge in [-0.15, -0.1) is 0 Å². The normalized spacial score (nSPS) is 16.4. The summed E-state index contributed by atoms with van der Waals surface area (Å²) in [7, 11) is 0. The van der Waals surface area contributed by atoms with Crippen LogP contribution in [0.3, 0.4) is 0 Å². The quantitative estimate of drug-likeness (QED) is 0.603. The van der Waals surface area contributed by atoms with E-state index in [1.165, 1.54) is 12.1 Å². The van der Waals surface area contributed by atoms with E-state index in [9.17, 15) is 9.18 Å². The lowest BCUT2D eigenvalue weighted by Crippen LogP contribution is -2.31. The zero-order valence-electron chi connectivity index (χ0n) is 15.8. The molecule has 2 N–H and O–H groups in total. The topological polar surface area (TPSA) is 48.1 Å². The van der Waals surface area contributed by atoms with Gasteiger partial charge in [-0.2, -0.15) is 0 Å². The van der Waals surface area contributed by atoms with Gasteiger partial charge < -0.3 is 15.2 Å². The highest BCUT2D eigenvalue weighted by Crippen LogP contribution is 2.34. The molecule has 2 aromatic carbocycles. The Bertz CT molecular complexity index is 1100. The van der Waals surface area contributed by atoms with Gasteiger partial charge in [-0.3, -0.25) is 4.79 Å². The molecule has 148 valence electrons. The fraction of sp³-hybridized carbons (Fsp3) is 0.174. The van der Waals surface area contributed by atoms with Crippen LogP contribution in [-0.4, -0.2) is 17.4 Å². The van der Waals surface area contributed by atoms with E-state index < -0.39 is 5.82 Å². The second-order valence-corrected chi connectivity index (χ2v) is 7.62. The first-order valence-electron chi connectivity index (χ1n) is 9.39. The summed E-state index contributed by atoms with van der Waals surface area (Å²) in [6.07, 6.45) is 2.46. The van der Waals surface area contributed by atoms with Gasteiger partial charge in [0.15, 0.2) is 0 Å². The molecular weight excluding hydrogens is 389 g/mol. The number of aromatic nitrogens is 1. The van der Waals surface area contributed by atoms with Crippen LogP contribution in [0.2, 0.25) is 5.02 Å². The monoisotopic (exact) mass is 409 g/mol. The molecular formula is C23H21ClFN3O. The van der Waals surface area contributed by atoms with Gasteiger partial charge >= 0.3 is 0 Å². The van der Waals surface area contributed by atoms with Crippen LogP contribution in [0.15, 0.2) is 61.3 Å². The first-order chi connectivity index (χ1) is 13.9. The van der Waals surface area contributed by atoms with Gasteiger partial charge in [0.2, 0.25) is 5.91 Å². The maximum atomic E-state index is 13.5. The van der Waals surface area contributed by atoms with Crippen molar-refractivity contribution >= 4 is 40.2 Å². The number of nitrogens with zero attached hydrogens (tertiary/aromatic N) is 1. The Morgan fingerprint density at radius 3 is 2.90 bits per heavy atom. The molecule has 1 atom stereocenters. The molecule has 1 amide bonds. The molecule has 1 aliphatic heterocycles. The lowest BCUT2D eigenvalue weighted by atomic mass is 10.1. The maximum absolute atomic E-state index is 13.5. The molecule has 0 bridgehead atoms. The van der Waals surface area contributed by atoms with Crippen LogP contribution in [0, 0.1) is 11.7 Å². The number of aromatic amines is 1. The van der Waals surface area contributed by atoms with E-state index in [0.29, 0.717) is 23.6 Å². The first-order valence-corrected chi connectivity index (χ1v) is 9.76. The van der Waals surface area contributed by atoms with Crippen molar-refractivity contribution in [1.82, 2.24) is 10.3 Å². The van der Waals surface area contributed by atoms with Gasteiger partial charge in [0, 0.05) is 46.1 Å². The van der Waals surface area contributed by atoms with E-state index >= 15 is 0 Å². The summed E-state index contributed by atoms with van der Waals surface area (Å²) in [5, 5.41) is 4.27. The average molecular weight is 410 g/mol. The van der Waals surface area contributed by atoms with E-state index in [0.717, 1.165) is 28.0 Å². The molecule has 1 saturated heterocycles. The third-order valence-corrected chi connectivity index (χ3v) is 5.47. The highest BCUT2D eigenvalue weighted by molar-refractivity contribution is 6.30. The Balaban J connectivity index is 1.45. The zero-order chi connectivity index (χ0) is 20.5. The Labute approximate surface area is 173 Å². The lowest BCUT2D eigenvalue weighted by molar-refractivity contribution is -0.123. The van der Waals surface area contributed by atoms with E-state index in [1.54, 1.807) is 12.1 Å². The van der Waals surface area contributed by atoms with Crippen molar-refractivity contribution in [3.63, 3.8) is 0 Å². The molecule has 0 aliphatic carbocycles. The highest BCUT2D eigenvalue weighted by atomic mass is 35.5. The van der Waals surface area contributed by atoms with Gasteiger partial charge in [0.25, 0.3) is 0 Å². The fourth-order valence-electron chi connectivity index (χ4n) is 3.78. The van der Waals surface area contributed by atoms with Crippen LogP contribution in [0.1, 0.15) is 17.7 Å². The minimum Gasteiger partial charge on any atom is -0.355 e. The molecule has 1 fully saturated rings. The van der Waals surface area contributed by atoms with Crippen molar-refractivity contribution in [3.05, 3.63) is 83.4 Å². The van der Waals surface area contributed by atoms with E-state index in [1.807, 2.05) is 18.2 Å². The summed E-state index contributed by atoms with van der Waals surface area (Å²) in [4.78, 5) is 18.0. The molecule has 29 heavy (non-hydrogen) atoms. The minimum absolute atomic E-state index is 0.116. The second-order valence-electron chi connectivity index (χ2n) is 7.18. The van der Waals surface area contributed by atoms with Gasteiger partial charge in [0.1, 0.15) is 5.82 Å². The summed E-state index contributed by atoms with van der Waals surface area (Å²) >= 11 is 5.87. The minimum atomic E-state index is -0.419. The van der Waals surface area contributed by atoms with Crippen molar-refractivity contribution in [1.29, 1.82) is 0 Å². The van der Waals surface area contributed by atoms with Gasteiger partial charge in [-0.25, -0.2) is 4.39 Å². The summed E-state index contributed by atoms with van der Waals surface area (Å²) in [6, 6.07) is 12.4. The highest BCUT2D eigenvalue weighted by Gasteiger charge is 2.32. The van der Waals surface area contributed by atoms with Crippen molar-refractivity contribution in [2.75, 3.05) is 11.4 Å².